The van der Waals surface area contributed by atoms with Crippen LogP contribution in [0.5, 0.6) is 0 Å². The number of para-hydroxylation sites is 1. The quantitative estimate of drug-likeness (QED) is 0.754. The van der Waals surface area contributed by atoms with E-state index < -0.39 is 11.9 Å². The fourth-order valence-corrected chi connectivity index (χ4v) is 2.41. The van der Waals surface area contributed by atoms with E-state index in [1.807, 2.05) is 32.0 Å². The maximum atomic E-state index is 13.6. The molecule has 3 rings (SSSR count). The third-order valence-electron chi connectivity index (χ3n) is 3.73. The molecule has 102 valence electrons. The van der Waals surface area contributed by atoms with Crippen LogP contribution < -0.4 is 0 Å². The molecule has 0 radical (unpaired) electrons. The number of rotatable bonds is 2. The zero-order valence-electron chi connectivity index (χ0n) is 11.4. The first-order valence-corrected chi connectivity index (χ1v) is 6.50. The average molecular weight is 270 g/mol. The summed E-state index contributed by atoms with van der Waals surface area (Å²) in [5.41, 5.74) is 3.08. The van der Waals surface area contributed by atoms with Crippen molar-refractivity contribution in [3.63, 3.8) is 0 Å². The average Bonchev–Trinajstić information content (AvgIpc) is 2.87. The Balaban J connectivity index is 2.10. The number of halogens is 1. The summed E-state index contributed by atoms with van der Waals surface area (Å²) in [4.78, 5) is 0. The molecule has 1 heterocycles. The number of benzene rings is 2. The first kappa shape index (κ1) is 12.9. The van der Waals surface area contributed by atoms with Crippen molar-refractivity contribution in [2.45, 2.75) is 20.0 Å². The molecule has 1 aromatic heterocycles. The molecule has 3 heteroatoms. The summed E-state index contributed by atoms with van der Waals surface area (Å²) in [6.07, 6.45) is -0.887. The van der Waals surface area contributed by atoms with Crippen molar-refractivity contribution >= 4 is 11.0 Å². The molecule has 0 amide bonds. The van der Waals surface area contributed by atoms with E-state index in [9.17, 15) is 9.50 Å². The van der Waals surface area contributed by atoms with Gasteiger partial charge < -0.3 is 9.52 Å². The van der Waals surface area contributed by atoms with Crippen molar-refractivity contribution in [1.82, 2.24) is 0 Å². The van der Waals surface area contributed by atoms with Crippen molar-refractivity contribution in [3.8, 4) is 0 Å². The van der Waals surface area contributed by atoms with Gasteiger partial charge in [0.2, 0.25) is 0 Å². The van der Waals surface area contributed by atoms with E-state index >= 15 is 0 Å². The smallest absolute Gasteiger partial charge is 0.170 e. The topological polar surface area (TPSA) is 33.4 Å². The Labute approximate surface area is 116 Å². The number of aliphatic hydroxyl groups is 1. The largest absolute Gasteiger partial charge is 0.455 e. The summed E-state index contributed by atoms with van der Waals surface area (Å²) in [6.45, 7) is 3.95. The fraction of sp³-hybridized carbons (Fsp3) is 0.176. The standard InChI is InChI=1S/C17H15FO2/c1-10-5-3-7-13(11(10)2)16(19)15-9-12-6-4-8-14(18)17(12)20-15/h3-9,16,19H,1-2H3. The number of aliphatic hydroxyl groups excluding tert-OH is 1. The summed E-state index contributed by atoms with van der Waals surface area (Å²) >= 11 is 0. The molecule has 0 saturated heterocycles. The van der Waals surface area contributed by atoms with Crippen LogP contribution in [0.1, 0.15) is 28.6 Å². The van der Waals surface area contributed by atoms with E-state index in [1.165, 1.54) is 6.07 Å². The fourth-order valence-electron chi connectivity index (χ4n) is 2.41. The van der Waals surface area contributed by atoms with Crippen molar-refractivity contribution in [1.29, 1.82) is 0 Å². The molecule has 0 spiro atoms. The van der Waals surface area contributed by atoms with Gasteiger partial charge in [0.05, 0.1) is 0 Å². The Morgan fingerprint density at radius 2 is 1.85 bits per heavy atom. The number of fused-ring (bicyclic) bond motifs is 1. The molecule has 1 unspecified atom stereocenters. The minimum Gasteiger partial charge on any atom is -0.455 e. The third kappa shape index (κ3) is 2.00. The summed E-state index contributed by atoms with van der Waals surface area (Å²) in [6, 6.07) is 12.2. The van der Waals surface area contributed by atoms with Gasteiger partial charge in [0.15, 0.2) is 11.4 Å². The SMILES string of the molecule is Cc1cccc(C(O)c2cc3cccc(F)c3o2)c1C. The lowest BCUT2D eigenvalue weighted by Crippen LogP contribution is -2.01. The van der Waals surface area contributed by atoms with E-state index in [2.05, 4.69) is 0 Å². The lowest BCUT2D eigenvalue weighted by atomic mass is 9.98. The first-order chi connectivity index (χ1) is 9.58. The maximum Gasteiger partial charge on any atom is 0.170 e. The lowest BCUT2D eigenvalue weighted by molar-refractivity contribution is 0.191. The molecule has 1 N–H and O–H groups in total. The molecule has 0 aliphatic heterocycles. The number of hydrogen-bond acceptors (Lipinski definition) is 2. The number of aryl methyl sites for hydroxylation is 1. The molecular formula is C17H15FO2. The summed E-state index contributed by atoms with van der Waals surface area (Å²) < 4.78 is 19.1. The maximum absolute atomic E-state index is 13.6. The van der Waals surface area contributed by atoms with Crippen molar-refractivity contribution in [3.05, 3.63) is 70.7 Å². The van der Waals surface area contributed by atoms with Gasteiger partial charge in [-0.1, -0.05) is 30.3 Å². The summed E-state index contributed by atoms with van der Waals surface area (Å²) in [7, 11) is 0. The molecule has 0 aliphatic carbocycles. The lowest BCUT2D eigenvalue weighted by Gasteiger charge is -2.13. The molecule has 3 aromatic rings. The van der Waals surface area contributed by atoms with Gasteiger partial charge in [-0.05, 0) is 42.7 Å². The van der Waals surface area contributed by atoms with E-state index in [1.54, 1.807) is 18.2 Å². The highest BCUT2D eigenvalue weighted by Crippen LogP contribution is 2.31. The van der Waals surface area contributed by atoms with Gasteiger partial charge in [-0.25, -0.2) is 4.39 Å². The molecule has 0 bridgehead atoms. The second-order valence-electron chi connectivity index (χ2n) is 5.00. The predicted octanol–water partition coefficient (Wildman–Crippen LogP) is 4.27. The van der Waals surface area contributed by atoms with Gasteiger partial charge in [0.25, 0.3) is 0 Å². The molecule has 0 fully saturated rings. The Morgan fingerprint density at radius 3 is 2.60 bits per heavy atom. The van der Waals surface area contributed by atoms with Crippen LogP contribution in [0, 0.1) is 19.7 Å². The molecule has 2 aromatic carbocycles. The molecule has 0 aliphatic rings. The van der Waals surface area contributed by atoms with Crippen LogP contribution in [0.4, 0.5) is 4.39 Å². The molecular weight excluding hydrogens is 255 g/mol. The van der Waals surface area contributed by atoms with E-state index in [0.717, 1.165) is 16.7 Å². The number of furan rings is 1. The van der Waals surface area contributed by atoms with Crippen LogP contribution >= 0.6 is 0 Å². The van der Waals surface area contributed by atoms with Crippen molar-refractivity contribution < 1.29 is 13.9 Å². The Bertz CT molecular complexity index is 774. The van der Waals surface area contributed by atoms with E-state index in [4.69, 9.17) is 4.42 Å². The van der Waals surface area contributed by atoms with Gasteiger partial charge in [0.1, 0.15) is 11.9 Å². The van der Waals surface area contributed by atoms with Crippen LogP contribution in [-0.4, -0.2) is 5.11 Å². The van der Waals surface area contributed by atoms with Crippen LogP contribution in [0.15, 0.2) is 46.9 Å². The van der Waals surface area contributed by atoms with Crippen LogP contribution in [0.3, 0.4) is 0 Å². The normalized spacial score (nSPS) is 12.8. The first-order valence-electron chi connectivity index (χ1n) is 6.50. The Morgan fingerprint density at radius 1 is 1.10 bits per heavy atom. The molecule has 1 atom stereocenters. The van der Waals surface area contributed by atoms with Crippen LogP contribution in [-0.2, 0) is 0 Å². The zero-order chi connectivity index (χ0) is 14.3. The van der Waals surface area contributed by atoms with Crippen molar-refractivity contribution in [2.24, 2.45) is 0 Å². The second kappa shape index (κ2) is 4.76. The van der Waals surface area contributed by atoms with Gasteiger partial charge in [-0.3, -0.25) is 0 Å². The predicted molar refractivity (Wildman–Crippen MR) is 76.1 cm³/mol. The van der Waals surface area contributed by atoms with Crippen molar-refractivity contribution in [2.75, 3.05) is 0 Å². The molecule has 0 saturated carbocycles. The highest BCUT2D eigenvalue weighted by Gasteiger charge is 2.19. The van der Waals surface area contributed by atoms with Gasteiger partial charge in [-0.2, -0.15) is 0 Å². The third-order valence-corrected chi connectivity index (χ3v) is 3.73. The minimum atomic E-state index is -0.887. The number of hydrogen-bond donors (Lipinski definition) is 1. The van der Waals surface area contributed by atoms with Gasteiger partial charge in [0, 0.05) is 5.39 Å². The van der Waals surface area contributed by atoms with E-state index in [0.29, 0.717) is 11.1 Å². The summed E-state index contributed by atoms with van der Waals surface area (Å²) in [5.74, 6) is -0.0549. The van der Waals surface area contributed by atoms with E-state index in [-0.39, 0.29) is 5.58 Å². The highest BCUT2D eigenvalue weighted by atomic mass is 19.1. The molecule has 2 nitrogen and oxygen atoms in total. The summed E-state index contributed by atoms with van der Waals surface area (Å²) in [5, 5.41) is 11.1. The highest BCUT2D eigenvalue weighted by molar-refractivity contribution is 5.78. The van der Waals surface area contributed by atoms with Gasteiger partial charge in [-0.15, -0.1) is 0 Å². The minimum absolute atomic E-state index is 0.187. The van der Waals surface area contributed by atoms with Crippen LogP contribution in [0.25, 0.3) is 11.0 Å². The second-order valence-corrected chi connectivity index (χ2v) is 5.00. The monoisotopic (exact) mass is 270 g/mol. The Hall–Kier alpha value is -2.13. The van der Waals surface area contributed by atoms with Crippen LogP contribution in [0.2, 0.25) is 0 Å². The Kier molecular flexibility index (Phi) is 3.07. The van der Waals surface area contributed by atoms with Gasteiger partial charge >= 0.3 is 0 Å². The zero-order valence-corrected chi connectivity index (χ0v) is 11.4. The molecule has 20 heavy (non-hydrogen) atoms.